The van der Waals surface area contributed by atoms with Gasteiger partial charge in [-0.25, -0.2) is 0 Å². The Balaban J connectivity index is 2.18. The molecule has 7 heteroatoms. The maximum atomic E-state index is 12.3. The summed E-state index contributed by atoms with van der Waals surface area (Å²) in [7, 11) is 1.29. The Bertz CT molecular complexity index is 593. The zero-order chi connectivity index (χ0) is 16.2. The molecule has 0 saturated heterocycles. The predicted octanol–water partition coefficient (Wildman–Crippen LogP) is 2.86. The third-order valence-corrected chi connectivity index (χ3v) is 3.67. The number of nitrogens with one attached hydrogen (secondary N) is 1. The van der Waals surface area contributed by atoms with Crippen molar-refractivity contribution in [3.05, 3.63) is 23.8 Å². The molecule has 2 rings (SSSR count). The van der Waals surface area contributed by atoms with Gasteiger partial charge in [0, 0.05) is 5.56 Å². The number of nitrogens with zero attached hydrogens (tertiary/aromatic N) is 1. The summed E-state index contributed by atoms with van der Waals surface area (Å²) in [4.78, 5) is 12.3. The first-order valence-corrected chi connectivity index (χ1v) is 6.86. The van der Waals surface area contributed by atoms with Crippen LogP contribution in [0, 0.1) is 11.3 Å². The minimum atomic E-state index is -2.98. The van der Waals surface area contributed by atoms with Crippen molar-refractivity contribution in [3.8, 4) is 17.6 Å². The zero-order valence-corrected chi connectivity index (χ0v) is 12.1. The van der Waals surface area contributed by atoms with Gasteiger partial charge in [0.25, 0.3) is 5.91 Å². The number of hydrogen-bond acceptors (Lipinski definition) is 4. The number of rotatable bonds is 5. The minimum absolute atomic E-state index is 0.0328. The summed E-state index contributed by atoms with van der Waals surface area (Å²) in [6.45, 7) is -2.98. The minimum Gasteiger partial charge on any atom is -0.493 e. The molecule has 0 aromatic heterocycles. The maximum absolute atomic E-state index is 12.3. The van der Waals surface area contributed by atoms with Gasteiger partial charge in [-0.2, -0.15) is 14.0 Å². The SMILES string of the molecule is COc1cc(C(=O)NC2(C#N)CCCC2)ccc1OC(F)F. The lowest BCUT2D eigenvalue weighted by Crippen LogP contribution is -2.45. The quantitative estimate of drug-likeness (QED) is 0.907. The van der Waals surface area contributed by atoms with Crippen molar-refractivity contribution >= 4 is 5.91 Å². The monoisotopic (exact) mass is 310 g/mol. The van der Waals surface area contributed by atoms with Crippen LogP contribution < -0.4 is 14.8 Å². The molecule has 1 N–H and O–H groups in total. The van der Waals surface area contributed by atoms with E-state index < -0.39 is 18.1 Å². The van der Waals surface area contributed by atoms with Crippen LogP contribution in [0.25, 0.3) is 0 Å². The Morgan fingerprint density at radius 3 is 2.59 bits per heavy atom. The lowest BCUT2D eigenvalue weighted by molar-refractivity contribution is -0.0512. The average molecular weight is 310 g/mol. The molecule has 1 amide bonds. The molecule has 0 radical (unpaired) electrons. The Hall–Kier alpha value is -2.36. The number of hydrogen-bond donors (Lipinski definition) is 1. The van der Waals surface area contributed by atoms with Crippen LogP contribution in [0.2, 0.25) is 0 Å². The Labute approximate surface area is 126 Å². The summed E-state index contributed by atoms with van der Waals surface area (Å²) in [5, 5.41) is 12.0. The summed E-state index contributed by atoms with van der Waals surface area (Å²) in [5.41, 5.74) is -0.623. The first kappa shape index (κ1) is 16.0. The molecule has 5 nitrogen and oxygen atoms in total. The third kappa shape index (κ3) is 3.45. The van der Waals surface area contributed by atoms with Gasteiger partial charge in [-0.3, -0.25) is 4.79 Å². The average Bonchev–Trinajstić information content (AvgIpc) is 2.96. The Morgan fingerprint density at radius 2 is 2.05 bits per heavy atom. The van der Waals surface area contributed by atoms with Crippen molar-refractivity contribution < 1.29 is 23.0 Å². The fourth-order valence-electron chi connectivity index (χ4n) is 2.53. The van der Waals surface area contributed by atoms with Gasteiger partial charge in [0.1, 0.15) is 5.54 Å². The smallest absolute Gasteiger partial charge is 0.387 e. The van der Waals surface area contributed by atoms with Crippen molar-refractivity contribution in [2.75, 3.05) is 7.11 Å². The van der Waals surface area contributed by atoms with Crippen LogP contribution in [-0.2, 0) is 0 Å². The zero-order valence-electron chi connectivity index (χ0n) is 12.1. The fraction of sp³-hybridized carbons (Fsp3) is 0.467. The third-order valence-electron chi connectivity index (χ3n) is 3.67. The number of benzene rings is 1. The van der Waals surface area contributed by atoms with E-state index in [-0.39, 0.29) is 17.1 Å². The highest BCUT2D eigenvalue weighted by atomic mass is 19.3. The summed E-state index contributed by atoms with van der Waals surface area (Å²) < 4.78 is 33.8. The molecule has 1 saturated carbocycles. The van der Waals surface area contributed by atoms with Crippen molar-refractivity contribution in [2.24, 2.45) is 0 Å². The Kier molecular flexibility index (Phi) is 4.81. The molecule has 0 spiro atoms. The molecular weight excluding hydrogens is 294 g/mol. The number of nitriles is 1. The van der Waals surface area contributed by atoms with Crippen LogP contribution in [0.5, 0.6) is 11.5 Å². The second-order valence-electron chi connectivity index (χ2n) is 5.10. The lowest BCUT2D eigenvalue weighted by atomic mass is 9.99. The van der Waals surface area contributed by atoms with Crippen molar-refractivity contribution in [3.63, 3.8) is 0 Å². The highest BCUT2D eigenvalue weighted by molar-refractivity contribution is 5.95. The normalized spacial score (nSPS) is 16.1. The van der Waals surface area contributed by atoms with E-state index in [2.05, 4.69) is 16.1 Å². The van der Waals surface area contributed by atoms with Gasteiger partial charge < -0.3 is 14.8 Å². The molecule has 1 aliphatic carbocycles. The van der Waals surface area contributed by atoms with E-state index in [0.29, 0.717) is 12.8 Å². The summed E-state index contributed by atoms with van der Waals surface area (Å²) in [5.74, 6) is -0.555. The van der Waals surface area contributed by atoms with Gasteiger partial charge in [0.05, 0.1) is 13.2 Å². The summed E-state index contributed by atoms with van der Waals surface area (Å²) in [6, 6.07) is 6.07. The summed E-state index contributed by atoms with van der Waals surface area (Å²) >= 11 is 0. The number of carbonyl (C=O) groups excluding carboxylic acids is 1. The predicted molar refractivity (Wildman–Crippen MR) is 73.9 cm³/mol. The van der Waals surface area contributed by atoms with Crippen molar-refractivity contribution in [1.29, 1.82) is 5.26 Å². The van der Waals surface area contributed by atoms with Gasteiger partial charge in [0.15, 0.2) is 11.5 Å². The highest BCUT2D eigenvalue weighted by Crippen LogP contribution is 2.31. The molecule has 1 aromatic rings. The van der Waals surface area contributed by atoms with Crippen molar-refractivity contribution in [2.45, 2.75) is 37.8 Å². The second-order valence-corrected chi connectivity index (χ2v) is 5.10. The molecular formula is C15H16F2N2O3. The van der Waals surface area contributed by atoms with E-state index in [1.807, 2.05) is 0 Å². The van der Waals surface area contributed by atoms with Crippen LogP contribution in [0.3, 0.4) is 0 Å². The number of halogens is 2. The van der Waals surface area contributed by atoms with Crippen LogP contribution in [-0.4, -0.2) is 25.2 Å². The van der Waals surface area contributed by atoms with E-state index in [4.69, 9.17) is 4.74 Å². The van der Waals surface area contributed by atoms with E-state index in [1.165, 1.54) is 25.3 Å². The van der Waals surface area contributed by atoms with Gasteiger partial charge in [-0.05, 0) is 43.9 Å². The molecule has 0 bridgehead atoms. The number of methoxy groups -OCH3 is 1. The molecule has 0 heterocycles. The van der Waals surface area contributed by atoms with E-state index in [0.717, 1.165) is 12.8 Å². The number of amides is 1. The number of carbonyl (C=O) groups is 1. The van der Waals surface area contributed by atoms with Crippen LogP contribution in [0.1, 0.15) is 36.0 Å². The maximum Gasteiger partial charge on any atom is 0.387 e. The fourth-order valence-corrected chi connectivity index (χ4v) is 2.53. The van der Waals surface area contributed by atoms with E-state index in [1.54, 1.807) is 0 Å². The van der Waals surface area contributed by atoms with Gasteiger partial charge in [-0.1, -0.05) is 0 Å². The standard InChI is InChI=1S/C15H16F2N2O3/c1-21-12-8-10(4-5-11(12)22-14(16)17)13(20)19-15(9-18)6-2-3-7-15/h4-5,8,14H,2-3,6-7H2,1H3,(H,19,20). The first-order chi connectivity index (χ1) is 10.5. The molecule has 1 fully saturated rings. The molecule has 118 valence electrons. The van der Waals surface area contributed by atoms with Gasteiger partial charge in [-0.15, -0.1) is 0 Å². The van der Waals surface area contributed by atoms with Gasteiger partial charge >= 0.3 is 6.61 Å². The van der Waals surface area contributed by atoms with Gasteiger partial charge in [0.2, 0.25) is 0 Å². The van der Waals surface area contributed by atoms with E-state index in [9.17, 15) is 18.8 Å². The number of ether oxygens (including phenoxy) is 2. The first-order valence-electron chi connectivity index (χ1n) is 6.86. The van der Waals surface area contributed by atoms with Crippen LogP contribution in [0.4, 0.5) is 8.78 Å². The molecule has 0 atom stereocenters. The molecule has 0 aliphatic heterocycles. The number of alkyl halides is 2. The topological polar surface area (TPSA) is 71.3 Å². The highest BCUT2D eigenvalue weighted by Gasteiger charge is 2.35. The molecule has 1 aromatic carbocycles. The molecule has 1 aliphatic rings. The van der Waals surface area contributed by atoms with E-state index >= 15 is 0 Å². The second kappa shape index (κ2) is 6.60. The molecule has 22 heavy (non-hydrogen) atoms. The summed E-state index contributed by atoms with van der Waals surface area (Å²) in [6.07, 6.45) is 2.99. The van der Waals surface area contributed by atoms with Crippen molar-refractivity contribution in [1.82, 2.24) is 5.32 Å². The largest absolute Gasteiger partial charge is 0.493 e. The molecule has 0 unspecified atom stereocenters. The van der Waals surface area contributed by atoms with Crippen LogP contribution >= 0.6 is 0 Å². The lowest BCUT2D eigenvalue weighted by Gasteiger charge is -2.22. The Morgan fingerprint density at radius 1 is 1.36 bits per heavy atom. The van der Waals surface area contributed by atoms with Crippen LogP contribution in [0.15, 0.2) is 18.2 Å².